The van der Waals surface area contributed by atoms with Gasteiger partial charge in [-0.25, -0.2) is 0 Å². The van der Waals surface area contributed by atoms with E-state index in [0.717, 1.165) is 12.8 Å². The molecule has 1 rings (SSSR count). The maximum absolute atomic E-state index is 10.5. The first-order valence-corrected chi connectivity index (χ1v) is 3.33. The van der Waals surface area contributed by atoms with E-state index in [1.54, 1.807) is 0 Å². The first kappa shape index (κ1) is 6.18. The van der Waals surface area contributed by atoms with Gasteiger partial charge in [-0.1, -0.05) is 9.24 Å². The molecular formula is C5H10NOP. The number of nitrogens with two attached hydrogens (primary N) is 1. The molecule has 0 bridgehead atoms. The predicted octanol–water partition coefficient (Wildman–Crippen LogP) is 0.125. The van der Waals surface area contributed by atoms with Crippen LogP contribution in [-0.2, 0) is 4.79 Å². The minimum absolute atomic E-state index is 0.215. The Balaban J connectivity index is 2.25. The van der Waals surface area contributed by atoms with E-state index in [0.29, 0.717) is 6.04 Å². The molecule has 0 radical (unpaired) electrons. The van der Waals surface area contributed by atoms with Crippen LogP contribution in [0.4, 0.5) is 0 Å². The Bertz CT molecular complexity index is 109. The van der Waals surface area contributed by atoms with Gasteiger partial charge < -0.3 is 5.73 Å². The average Bonchev–Trinajstić information content (AvgIpc) is 1.57. The predicted molar refractivity (Wildman–Crippen MR) is 35.4 cm³/mol. The molecule has 1 aliphatic carbocycles. The molecule has 46 valence electrons. The fraction of sp³-hybridized carbons (Fsp3) is 0.800. The lowest BCUT2D eigenvalue weighted by molar-refractivity contribution is -0.117. The third-order valence-corrected chi connectivity index (χ3v) is 2.05. The van der Waals surface area contributed by atoms with E-state index in [1.165, 1.54) is 0 Å². The Labute approximate surface area is 51.0 Å². The molecule has 0 aromatic rings. The molecule has 2 nitrogen and oxygen atoms in total. The minimum atomic E-state index is 0.215. The van der Waals surface area contributed by atoms with Crippen LogP contribution in [0.25, 0.3) is 0 Å². The first-order valence-electron chi connectivity index (χ1n) is 2.75. The van der Waals surface area contributed by atoms with Crippen LogP contribution in [0.15, 0.2) is 0 Å². The Morgan fingerprint density at radius 2 is 2.12 bits per heavy atom. The summed E-state index contributed by atoms with van der Waals surface area (Å²) in [5.74, 6) is 0.259. The van der Waals surface area contributed by atoms with Crippen molar-refractivity contribution < 1.29 is 4.79 Å². The van der Waals surface area contributed by atoms with Crippen LogP contribution in [0.2, 0.25) is 0 Å². The highest BCUT2D eigenvalue weighted by Crippen LogP contribution is 2.27. The van der Waals surface area contributed by atoms with Gasteiger partial charge in [0.05, 0.1) is 0 Å². The largest absolute Gasteiger partial charge is 0.328 e. The van der Waals surface area contributed by atoms with Gasteiger partial charge in [0, 0.05) is 12.0 Å². The maximum Gasteiger partial charge on any atom is 0.151 e. The third-order valence-electron chi connectivity index (χ3n) is 1.58. The third kappa shape index (κ3) is 1.07. The lowest BCUT2D eigenvalue weighted by Crippen LogP contribution is -2.38. The van der Waals surface area contributed by atoms with Crippen LogP contribution in [0, 0.1) is 5.92 Å². The second kappa shape index (κ2) is 2.12. The van der Waals surface area contributed by atoms with Gasteiger partial charge in [0.1, 0.15) is 0 Å². The number of hydrogen-bond donors (Lipinski definition) is 1. The van der Waals surface area contributed by atoms with Crippen LogP contribution in [-0.4, -0.2) is 11.6 Å². The van der Waals surface area contributed by atoms with Gasteiger partial charge in [-0.2, -0.15) is 0 Å². The summed E-state index contributed by atoms with van der Waals surface area (Å²) < 4.78 is 0. The molecule has 0 spiro atoms. The lowest BCUT2D eigenvalue weighted by Gasteiger charge is -2.29. The topological polar surface area (TPSA) is 43.1 Å². The van der Waals surface area contributed by atoms with Crippen LogP contribution in [0.1, 0.15) is 12.8 Å². The van der Waals surface area contributed by atoms with E-state index in [1.807, 2.05) is 0 Å². The summed E-state index contributed by atoms with van der Waals surface area (Å²) in [5.41, 5.74) is 5.66. The van der Waals surface area contributed by atoms with E-state index in [4.69, 9.17) is 5.73 Å². The molecular weight excluding hydrogens is 121 g/mol. The summed E-state index contributed by atoms with van der Waals surface area (Å²) >= 11 is 0. The molecule has 0 amide bonds. The van der Waals surface area contributed by atoms with E-state index in [-0.39, 0.29) is 11.4 Å². The first-order chi connectivity index (χ1) is 3.70. The van der Waals surface area contributed by atoms with Crippen molar-refractivity contribution in [1.82, 2.24) is 0 Å². The molecule has 1 saturated carbocycles. The average molecular weight is 131 g/mol. The van der Waals surface area contributed by atoms with Crippen molar-refractivity contribution in [3.8, 4) is 0 Å². The van der Waals surface area contributed by atoms with Gasteiger partial charge in [0.25, 0.3) is 0 Å². The van der Waals surface area contributed by atoms with Crippen LogP contribution < -0.4 is 5.73 Å². The quantitative estimate of drug-likeness (QED) is 0.514. The number of hydrogen-bond acceptors (Lipinski definition) is 2. The number of carbonyl (C=O) groups is 1. The minimum Gasteiger partial charge on any atom is -0.328 e. The highest BCUT2D eigenvalue weighted by atomic mass is 31.0. The summed E-state index contributed by atoms with van der Waals surface area (Å²) in [6, 6.07) is 0.296. The summed E-state index contributed by atoms with van der Waals surface area (Å²) in [7, 11) is 2.19. The summed E-state index contributed by atoms with van der Waals surface area (Å²) in [6.07, 6.45) is 1.78. The second-order valence-corrected chi connectivity index (χ2v) is 2.90. The highest BCUT2D eigenvalue weighted by molar-refractivity contribution is 7.40. The molecule has 0 heterocycles. The molecule has 0 aliphatic heterocycles. The Morgan fingerprint density at radius 3 is 2.25 bits per heavy atom. The fourth-order valence-electron chi connectivity index (χ4n) is 0.894. The SMILES string of the molecule is NC1CC(C(=O)P)C1. The van der Waals surface area contributed by atoms with Crippen molar-refractivity contribution in [2.75, 3.05) is 0 Å². The van der Waals surface area contributed by atoms with Crippen molar-refractivity contribution in [3.63, 3.8) is 0 Å². The lowest BCUT2D eigenvalue weighted by atomic mass is 9.82. The molecule has 0 aromatic carbocycles. The molecule has 1 aliphatic rings. The van der Waals surface area contributed by atoms with Gasteiger partial charge in [-0.3, -0.25) is 4.79 Å². The van der Waals surface area contributed by atoms with Gasteiger partial charge in [-0.05, 0) is 12.8 Å². The van der Waals surface area contributed by atoms with E-state index < -0.39 is 0 Å². The van der Waals surface area contributed by atoms with Crippen molar-refractivity contribution in [2.24, 2.45) is 11.7 Å². The smallest absolute Gasteiger partial charge is 0.151 e. The molecule has 2 N–H and O–H groups in total. The number of rotatable bonds is 1. The Morgan fingerprint density at radius 1 is 1.62 bits per heavy atom. The van der Waals surface area contributed by atoms with Gasteiger partial charge in [0.2, 0.25) is 0 Å². The van der Waals surface area contributed by atoms with Gasteiger partial charge in [0.15, 0.2) is 5.52 Å². The summed E-state index contributed by atoms with van der Waals surface area (Å²) in [4.78, 5) is 10.5. The van der Waals surface area contributed by atoms with Crippen LogP contribution in [0.3, 0.4) is 0 Å². The summed E-state index contributed by atoms with van der Waals surface area (Å²) in [6.45, 7) is 0. The molecule has 0 saturated heterocycles. The normalized spacial score (nSPS) is 36.2. The van der Waals surface area contributed by atoms with E-state index in [9.17, 15) is 4.79 Å². The molecule has 1 atom stereocenters. The second-order valence-electron chi connectivity index (χ2n) is 2.33. The molecule has 3 heteroatoms. The molecule has 1 unspecified atom stereocenters. The van der Waals surface area contributed by atoms with Gasteiger partial charge in [-0.15, -0.1) is 0 Å². The zero-order valence-corrected chi connectivity index (χ0v) is 5.79. The monoisotopic (exact) mass is 131 g/mol. The Hall–Kier alpha value is 0.0600. The standard InChI is InChI=1S/C5H10NOP/c6-4-1-3(2-4)5(7)8/h3-4H,1-2,6,8H2. The van der Waals surface area contributed by atoms with E-state index >= 15 is 0 Å². The maximum atomic E-state index is 10.5. The van der Waals surface area contributed by atoms with Crippen molar-refractivity contribution in [3.05, 3.63) is 0 Å². The number of carbonyl (C=O) groups excluding carboxylic acids is 1. The summed E-state index contributed by atoms with van der Waals surface area (Å²) in [5, 5.41) is 0. The van der Waals surface area contributed by atoms with Crippen molar-refractivity contribution >= 4 is 14.8 Å². The van der Waals surface area contributed by atoms with Crippen LogP contribution in [0.5, 0.6) is 0 Å². The van der Waals surface area contributed by atoms with E-state index in [2.05, 4.69) is 9.24 Å². The van der Waals surface area contributed by atoms with Crippen molar-refractivity contribution in [2.45, 2.75) is 18.9 Å². The highest BCUT2D eigenvalue weighted by Gasteiger charge is 2.29. The van der Waals surface area contributed by atoms with Crippen molar-refractivity contribution in [1.29, 1.82) is 0 Å². The Kier molecular flexibility index (Phi) is 1.64. The molecule has 1 fully saturated rings. The fourth-order valence-corrected chi connectivity index (χ4v) is 1.17. The van der Waals surface area contributed by atoms with Gasteiger partial charge >= 0.3 is 0 Å². The zero-order chi connectivity index (χ0) is 6.15. The zero-order valence-electron chi connectivity index (χ0n) is 4.63. The molecule has 0 aromatic heterocycles. The van der Waals surface area contributed by atoms with Crippen LogP contribution >= 0.6 is 9.24 Å². The molecule has 8 heavy (non-hydrogen) atoms.